The van der Waals surface area contributed by atoms with Crippen LogP contribution in [0.15, 0.2) is 0 Å². The molecule has 3 heteroatoms. The molecule has 11 heavy (non-hydrogen) atoms. The molecule has 2 atom stereocenters. The topological polar surface area (TPSA) is 43.1 Å². The van der Waals surface area contributed by atoms with E-state index in [-0.39, 0.29) is 11.5 Å². The van der Waals surface area contributed by atoms with Gasteiger partial charge in [0, 0.05) is 28.3 Å². The van der Waals surface area contributed by atoms with Crippen LogP contribution in [-0.4, -0.2) is 21.8 Å². The predicted molar refractivity (Wildman–Crippen MR) is 51.0 cm³/mol. The lowest BCUT2D eigenvalue weighted by molar-refractivity contribution is 0.342. The van der Waals surface area contributed by atoms with E-state index in [1.54, 1.807) is 0 Å². The van der Waals surface area contributed by atoms with Crippen LogP contribution in [0.1, 0.15) is 27.7 Å². The zero-order chi connectivity index (χ0) is 9.07. The second-order valence-electron chi connectivity index (χ2n) is 3.87. The molecule has 0 amide bonds. The van der Waals surface area contributed by atoms with E-state index in [0.29, 0.717) is 11.5 Å². The average Bonchev–Trinajstić information content (AvgIpc) is 1.85. The molecular formula is C8H19NOS. The Morgan fingerprint density at radius 1 is 1.45 bits per heavy atom. The molecule has 0 spiro atoms. The number of rotatable bonds is 3. The van der Waals surface area contributed by atoms with Crippen molar-refractivity contribution in [3.8, 4) is 0 Å². The van der Waals surface area contributed by atoms with E-state index in [1.165, 1.54) is 0 Å². The third kappa shape index (κ3) is 4.53. The Hall–Kier alpha value is 0.110. The Labute approximate surface area is 72.0 Å². The van der Waals surface area contributed by atoms with Gasteiger partial charge in [-0.3, -0.25) is 4.21 Å². The van der Waals surface area contributed by atoms with Crippen molar-refractivity contribution in [3.63, 3.8) is 0 Å². The summed E-state index contributed by atoms with van der Waals surface area (Å²) in [6, 6.07) is 0.0447. The lowest BCUT2D eigenvalue weighted by Crippen LogP contribution is -2.39. The molecule has 0 fully saturated rings. The fourth-order valence-electron chi connectivity index (χ4n) is 0.568. The van der Waals surface area contributed by atoms with Crippen molar-refractivity contribution in [1.29, 1.82) is 0 Å². The smallest absolute Gasteiger partial charge is 0.0391 e. The van der Waals surface area contributed by atoms with Crippen LogP contribution in [0.2, 0.25) is 0 Å². The summed E-state index contributed by atoms with van der Waals surface area (Å²) in [7, 11) is -0.729. The SMILES string of the molecule is CCS(=O)CC(N)C(C)(C)C. The number of nitrogens with two attached hydrogens (primary N) is 1. The zero-order valence-electron chi connectivity index (χ0n) is 7.89. The van der Waals surface area contributed by atoms with E-state index in [2.05, 4.69) is 20.8 Å². The van der Waals surface area contributed by atoms with Crippen LogP contribution in [-0.2, 0) is 10.8 Å². The molecule has 2 unspecified atom stereocenters. The fourth-order valence-corrected chi connectivity index (χ4v) is 1.70. The molecule has 0 saturated heterocycles. The molecule has 0 aromatic rings. The predicted octanol–water partition coefficient (Wildman–Crippen LogP) is 1.13. The Morgan fingerprint density at radius 2 is 1.91 bits per heavy atom. The van der Waals surface area contributed by atoms with Gasteiger partial charge in [0.2, 0.25) is 0 Å². The highest BCUT2D eigenvalue weighted by Gasteiger charge is 2.21. The Balaban J connectivity index is 3.87. The maximum Gasteiger partial charge on any atom is 0.0391 e. The van der Waals surface area contributed by atoms with Crippen molar-refractivity contribution < 1.29 is 4.21 Å². The lowest BCUT2D eigenvalue weighted by Gasteiger charge is -2.26. The molecule has 0 aromatic carbocycles. The highest BCUT2D eigenvalue weighted by Crippen LogP contribution is 2.17. The molecule has 2 N–H and O–H groups in total. The maximum absolute atomic E-state index is 11.1. The molecule has 0 aromatic heterocycles. The van der Waals surface area contributed by atoms with E-state index >= 15 is 0 Å². The normalized spacial score (nSPS) is 17.9. The minimum atomic E-state index is -0.729. The van der Waals surface area contributed by atoms with Gasteiger partial charge < -0.3 is 5.73 Å². The summed E-state index contributed by atoms with van der Waals surface area (Å²) >= 11 is 0. The van der Waals surface area contributed by atoms with Gasteiger partial charge in [-0.15, -0.1) is 0 Å². The van der Waals surface area contributed by atoms with Crippen molar-refractivity contribution in [3.05, 3.63) is 0 Å². The van der Waals surface area contributed by atoms with Gasteiger partial charge in [0.25, 0.3) is 0 Å². The first-order valence-corrected chi connectivity index (χ1v) is 5.47. The molecule has 0 bridgehead atoms. The van der Waals surface area contributed by atoms with Crippen LogP contribution < -0.4 is 5.73 Å². The first kappa shape index (κ1) is 11.1. The Kier molecular flexibility index (Phi) is 4.26. The van der Waals surface area contributed by atoms with Gasteiger partial charge >= 0.3 is 0 Å². The van der Waals surface area contributed by atoms with Crippen LogP contribution in [0.3, 0.4) is 0 Å². The van der Waals surface area contributed by atoms with Crippen molar-refractivity contribution in [2.45, 2.75) is 33.7 Å². The van der Waals surface area contributed by atoms with Crippen LogP contribution in [0.5, 0.6) is 0 Å². The van der Waals surface area contributed by atoms with Crippen molar-refractivity contribution in [2.75, 3.05) is 11.5 Å². The van der Waals surface area contributed by atoms with Crippen molar-refractivity contribution >= 4 is 10.8 Å². The van der Waals surface area contributed by atoms with E-state index < -0.39 is 10.8 Å². The van der Waals surface area contributed by atoms with Gasteiger partial charge in [-0.25, -0.2) is 0 Å². The first-order chi connectivity index (χ1) is 4.88. The summed E-state index contributed by atoms with van der Waals surface area (Å²) in [5, 5.41) is 0. The minimum absolute atomic E-state index is 0.0447. The molecular weight excluding hydrogens is 158 g/mol. The highest BCUT2D eigenvalue weighted by molar-refractivity contribution is 7.84. The second-order valence-corrected chi connectivity index (χ2v) is 5.66. The van der Waals surface area contributed by atoms with Gasteiger partial charge in [0.15, 0.2) is 0 Å². The monoisotopic (exact) mass is 177 g/mol. The Bertz CT molecular complexity index is 140. The molecule has 68 valence electrons. The Morgan fingerprint density at radius 3 is 2.18 bits per heavy atom. The maximum atomic E-state index is 11.1. The van der Waals surface area contributed by atoms with Crippen molar-refractivity contribution in [2.24, 2.45) is 11.1 Å². The van der Waals surface area contributed by atoms with Crippen molar-refractivity contribution in [1.82, 2.24) is 0 Å². The molecule has 0 aliphatic heterocycles. The second kappa shape index (κ2) is 4.21. The van der Waals surface area contributed by atoms with Crippen LogP contribution >= 0.6 is 0 Å². The van der Waals surface area contributed by atoms with E-state index in [0.717, 1.165) is 0 Å². The van der Waals surface area contributed by atoms with Crippen LogP contribution in [0.25, 0.3) is 0 Å². The van der Waals surface area contributed by atoms with Gasteiger partial charge in [0.05, 0.1) is 0 Å². The zero-order valence-corrected chi connectivity index (χ0v) is 8.70. The van der Waals surface area contributed by atoms with Crippen LogP contribution in [0, 0.1) is 5.41 Å². The third-order valence-electron chi connectivity index (χ3n) is 1.80. The van der Waals surface area contributed by atoms with Crippen LogP contribution in [0.4, 0.5) is 0 Å². The third-order valence-corrected chi connectivity index (χ3v) is 3.17. The molecule has 0 rings (SSSR count). The highest BCUT2D eigenvalue weighted by atomic mass is 32.2. The minimum Gasteiger partial charge on any atom is -0.326 e. The number of hydrogen-bond acceptors (Lipinski definition) is 2. The molecule has 0 saturated carbocycles. The summed E-state index contributed by atoms with van der Waals surface area (Å²) in [6.45, 7) is 8.14. The average molecular weight is 177 g/mol. The van der Waals surface area contributed by atoms with E-state index in [9.17, 15) is 4.21 Å². The van der Waals surface area contributed by atoms with Gasteiger partial charge in [-0.2, -0.15) is 0 Å². The lowest BCUT2D eigenvalue weighted by atomic mass is 9.89. The largest absolute Gasteiger partial charge is 0.326 e. The molecule has 0 radical (unpaired) electrons. The number of hydrogen-bond donors (Lipinski definition) is 1. The summed E-state index contributed by atoms with van der Waals surface area (Å²) in [6.07, 6.45) is 0. The summed E-state index contributed by atoms with van der Waals surface area (Å²) in [5.74, 6) is 1.34. The fraction of sp³-hybridized carbons (Fsp3) is 1.00. The summed E-state index contributed by atoms with van der Waals surface area (Å²) in [5.41, 5.74) is 5.91. The van der Waals surface area contributed by atoms with E-state index in [4.69, 9.17) is 5.73 Å². The molecule has 2 nitrogen and oxygen atoms in total. The van der Waals surface area contributed by atoms with Gasteiger partial charge in [0.1, 0.15) is 0 Å². The molecule has 0 heterocycles. The molecule has 0 aliphatic carbocycles. The quantitative estimate of drug-likeness (QED) is 0.702. The van der Waals surface area contributed by atoms with Gasteiger partial charge in [-0.05, 0) is 5.41 Å². The van der Waals surface area contributed by atoms with E-state index in [1.807, 2.05) is 6.92 Å². The summed E-state index contributed by atoms with van der Waals surface area (Å²) in [4.78, 5) is 0. The summed E-state index contributed by atoms with van der Waals surface area (Å²) < 4.78 is 11.1. The van der Waals surface area contributed by atoms with Gasteiger partial charge in [-0.1, -0.05) is 27.7 Å². The first-order valence-electron chi connectivity index (χ1n) is 3.98. The molecule has 0 aliphatic rings. The standard InChI is InChI=1S/C8H19NOS/c1-5-11(10)6-7(9)8(2,3)4/h7H,5-6,9H2,1-4H3.